The maximum Gasteiger partial charge on any atom is 0.0500 e. The number of benzene rings is 2. The lowest BCUT2D eigenvalue weighted by Crippen LogP contribution is -2.09. The fraction of sp³-hybridized carbons (Fsp3) is 0.250. The molecule has 0 saturated carbocycles. The van der Waals surface area contributed by atoms with E-state index in [0.29, 0.717) is 0 Å². The molecule has 0 spiro atoms. The number of nitrogens with one attached hydrogen (secondary N) is 1. The number of hydrogen-bond donors (Lipinski definition) is 1. The molecule has 1 unspecified atom stereocenters. The zero-order chi connectivity index (χ0) is 13.8. The Bertz CT molecular complexity index is 535. The normalized spacial score (nSPS) is 12.0. The molecule has 0 bridgehead atoms. The molecule has 0 aromatic heterocycles. The molecule has 1 atom stereocenters. The molecule has 100 valence electrons. The van der Waals surface area contributed by atoms with E-state index in [4.69, 9.17) is 11.6 Å². The lowest BCUT2D eigenvalue weighted by molar-refractivity contribution is 0.885. The number of nitrogens with zero attached hydrogens (tertiary/aromatic N) is 1. The molecule has 1 N–H and O–H groups in total. The fourth-order valence-electron chi connectivity index (χ4n) is 2.01. The summed E-state index contributed by atoms with van der Waals surface area (Å²) in [6, 6.07) is 16.5. The highest BCUT2D eigenvalue weighted by Crippen LogP contribution is 2.26. The third kappa shape index (κ3) is 3.42. The van der Waals surface area contributed by atoms with Crippen molar-refractivity contribution in [2.45, 2.75) is 13.0 Å². The smallest absolute Gasteiger partial charge is 0.0500 e. The lowest BCUT2D eigenvalue weighted by Gasteiger charge is -2.18. The van der Waals surface area contributed by atoms with Crippen molar-refractivity contribution in [2.75, 3.05) is 24.3 Å². The Morgan fingerprint density at radius 1 is 1.00 bits per heavy atom. The summed E-state index contributed by atoms with van der Waals surface area (Å²) in [5, 5.41) is 4.26. The van der Waals surface area contributed by atoms with Gasteiger partial charge in [-0.05, 0) is 42.8 Å². The van der Waals surface area contributed by atoms with Crippen LogP contribution in [0.15, 0.2) is 48.5 Å². The lowest BCUT2D eigenvalue weighted by atomic mass is 10.1. The third-order valence-electron chi connectivity index (χ3n) is 3.14. The standard InChI is InChI=1S/C16H19ClN2/c1-12(15-6-4-5-7-16(15)17)18-13-8-10-14(11-9-13)19(2)3/h4-12,18H,1-3H3. The predicted molar refractivity (Wildman–Crippen MR) is 84.3 cm³/mol. The Kier molecular flexibility index (Phi) is 4.33. The van der Waals surface area contributed by atoms with Gasteiger partial charge in [0.1, 0.15) is 0 Å². The largest absolute Gasteiger partial charge is 0.378 e. The van der Waals surface area contributed by atoms with Gasteiger partial charge in [-0.3, -0.25) is 0 Å². The van der Waals surface area contributed by atoms with Crippen LogP contribution in [0.5, 0.6) is 0 Å². The van der Waals surface area contributed by atoms with E-state index < -0.39 is 0 Å². The van der Waals surface area contributed by atoms with Crippen LogP contribution < -0.4 is 10.2 Å². The van der Waals surface area contributed by atoms with E-state index in [2.05, 4.69) is 41.4 Å². The fourth-order valence-corrected chi connectivity index (χ4v) is 2.31. The third-order valence-corrected chi connectivity index (χ3v) is 3.48. The Balaban J connectivity index is 2.11. The first-order valence-electron chi connectivity index (χ1n) is 6.36. The summed E-state index contributed by atoms with van der Waals surface area (Å²) in [4.78, 5) is 2.08. The van der Waals surface area contributed by atoms with Crippen molar-refractivity contribution in [3.8, 4) is 0 Å². The van der Waals surface area contributed by atoms with E-state index in [1.807, 2.05) is 38.4 Å². The van der Waals surface area contributed by atoms with Crippen LogP contribution in [0, 0.1) is 0 Å². The minimum absolute atomic E-state index is 0.180. The minimum atomic E-state index is 0.180. The van der Waals surface area contributed by atoms with Gasteiger partial charge in [0.2, 0.25) is 0 Å². The Morgan fingerprint density at radius 3 is 2.21 bits per heavy atom. The maximum absolute atomic E-state index is 6.21. The molecule has 0 fully saturated rings. The van der Waals surface area contributed by atoms with Gasteiger partial charge in [0.15, 0.2) is 0 Å². The zero-order valence-electron chi connectivity index (χ0n) is 11.5. The van der Waals surface area contributed by atoms with Gasteiger partial charge < -0.3 is 10.2 Å². The van der Waals surface area contributed by atoms with Gasteiger partial charge in [0.05, 0.1) is 0 Å². The molecule has 0 aliphatic heterocycles. The topological polar surface area (TPSA) is 15.3 Å². The Morgan fingerprint density at radius 2 is 1.63 bits per heavy atom. The summed E-state index contributed by atoms with van der Waals surface area (Å²) in [6.45, 7) is 2.11. The van der Waals surface area contributed by atoms with Crippen LogP contribution in [0.4, 0.5) is 11.4 Å². The summed E-state index contributed by atoms with van der Waals surface area (Å²) in [7, 11) is 4.07. The SMILES string of the molecule is CC(Nc1ccc(N(C)C)cc1)c1ccccc1Cl. The first-order valence-corrected chi connectivity index (χ1v) is 6.74. The van der Waals surface area contributed by atoms with Crippen molar-refractivity contribution in [2.24, 2.45) is 0 Å². The summed E-state index contributed by atoms with van der Waals surface area (Å²) in [6.07, 6.45) is 0. The molecule has 0 heterocycles. The minimum Gasteiger partial charge on any atom is -0.378 e. The number of hydrogen-bond acceptors (Lipinski definition) is 2. The van der Waals surface area contributed by atoms with Crippen LogP contribution in [-0.4, -0.2) is 14.1 Å². The molecule has 19 heavy (non-hydrogen) atoms. The first kappa shape index (κ1) is 13.8. The van der Waals surface area contributed by atoms with Gasteiger partial charge in [-0.25, -0.2) is 0 Å². The molecular weight excluding hydrogens is 256 g/mol. The molecule has 0 saturated heterocycles. The molecule has 0 aliphatic rings. The van der Waals surface area contributed by atoms with E-state index in [9.17, 15) is 0 Å². The van der Waals surface area contributed by atoms with Crippen LogP contribution in [0.25, 0.3) is 0 Å². The Labute approximate surface area is 120 Å². The molecule has 2 rings (SSSR count). The molecule has 3 heteroatoms. The van der Waals surface area contributed by atoms with E-state index in [1.54, 1.807) is 0 Å². The highest BCUT2D eigenvalue weighted by molar-refractivity contribution is 6.31. The van der Waals surface area contributed by atoms with Crippen molar-refractivity contribution >= 4 is 23.0 Å². The van der Waals surface area contributed by atoms with Crippen molar-refractivity contribution in [1.29, 1.82) is 0 Å². The molecule has 0 amide bonds. The highest BCUT2D eigenvalue weighted by Gasteiger charge is 2.08. The summed E-state index contributed by atoms with van der Waals surface area (Å²) in [5.74, 6) is 0. The maximum atomic E-state index is 6.21. The van der Waals surface area contributed by atoms with Crippen molar-refractivity contribution in [3.05, 3.63) is 59.1 Å². The van der Waals surface area contributed by atoms with Crippen molar-refractivity contribution in [3.63, 3.8) is 0 Å². The second-order valence-electron chi connectivity index (χ2n) is 4.83. The molecule has 2 nitrogen and oxygen atoms in total. The van der Waals surface area contributed by atoms with E-state index in [-0.39, 0.29) is 6.04 Å². The van der Waals surface area contributed by atoms with Crippen LogP contribution in [0.1, 0.15) is 18.5 Å². The van der Waals surface area contributed by atoms with E-state index >= 15 is 0 Å². The van der Waals surface area contributed by atoms with Gasteiger partial charge >= 0.3 is 0 Å². The van der Waals surface area contributed by atoms with Gasteiger partial charge in [-0.2, -0.15) is 0 Å². The van der Waals surface area contributed by atoms with Crippen LogP contribution in [0.3, 0.4) is 0 Å². The van der Waals surface area contributed by atoms with Crippen molar-refractivity contribution < 1.29 is 0 Å². The predicted octanol–water partition coefficient (Wildman–Crippen LogP) is 4.58. The molecular formula is C16H19ClN2. The van der Waals surface area contributed by atoms with Gasteiger partial charge in [0, 0.05) is 36.5 Å². The molecule has 0 aliphatic carbocycles. The first-order chi connectivity index (χ1) is 9.08. The molecule has 0 radical (unpaired) electrons. The van der Waals surface area contributed by atoms with Gasteiger partial charge in [-0.15, -0.1) is 0 Å². The number of anilines is 2. The molecule has 2 aromatic rings. The van der Waals surface area contributed by atoms with Crippen LogP contribution in [0.2, 0.25) is 5.02 Å². The van der Waals surface area contributed by atoms with E-state index in [0.717, 1.165) is 16.3 Å². The summed E-state index contributed by atoms with van der Waals surface area (Å²) in [5.41, 5.74) is 3.40. The van der Waals surface area contributed by atoms with Gasteiger partial charge in [0.25, 0.3) is 0 Å². The second kappa shape index (κ2) is 5.98. The van der Waals surface area contributed by atoms with Crippen molar-refractivity contribution in [1.82, 2.24) is 0 Å². The average molecular weight is 275 g/mol. The molecule has 2 aromatic carbocycles. The van der Waals surface area contributed by atoms with E-state index in [1.165, 1.54) is 5.69 Å². The van der Waals surface area contributed by atoms with Gasteiger partial charge in [-0.1, -0.05) is 29.8 Å². The highest BCUT2D eigenvalue weighted by atomic mass is 35.5. The monoisotopic (exact) mass is 274 g/mol. The zero-order valence-corrected chi connectivity index (χ0v) is 12.3. The average Bonchev–Trinajstić information content (AvgIpc) is 2.39. The second-order valence-corrected chi connectivity index (χ2v) is 5.24. The summed E-state index contributed by atoms with van der Waals surface area (Å²) >= 11 is 6.21. The summed E-state index contributed by atoms with van der Waals surface area (Å²) < 4.78 is 0. The number of rotatable bonds is 4. The quantitative estimate of drug-likeness (QED) is 0.878. The Hall–Kier alpha value is -1.67. The number of halogens is 1. The van der Waals surface area contributed by atoms with Crippen LogP contribution >= 0.6 is 11.6 Å². The van der Waals surface area contributed by atoms with Crippen LogP contribution in [-0.2, 0) is 0 Å².